The molecule has 0 spiro atoms. The lowest BCUT2D eigenvalue weighted by molar-refractivity contribution is -0.133. The number of piperazine rings is 1. The van der Waals surface area contributed by atoms with E-state index >= 15 is 4.39 Å². The first-order valence-electron chi connectivity index (χ1n) is 17.1. The van der Waals surface area contributed by atoms with E-state index in [1.165, 1.54) is 17.4 Å². The van der Waals surface area contributed by atoms with Crippen molar-refractivity contribution in [1.82, 2.24) is 19.8 Å². The minimum absolute atomic E-state index is 0.112. The summed E-state index contributed by atoms with van der Waals surface area (Å²) in [6.07, 6.45) is 11.6. The SMILES string of the molecule is CC(=O)CCCCCCC(=O)N1CCN(Cc2ccc(-c3cc4nccc(Oc5ccc(CC(=O)CC6CC6)cc5F)c4s3)nc2)CC1. The largest absolute Gasteiger partial charge is 0.453 e. The lowest BCUT2D eigenvalue weighted by atomic mass is 10.0. The summed E-state index contributed by atoms with van der Waals surface area (Å²) >= 11 is 1.50. The van der Waals surface area contributed by atoms with E-state index in [1.54, 1.807) is 31.3 Å². The normalized spacial score (nSPS) is 15.2. The maximum absolute atomic E-state index is 15.0. The summed E-state index contributed by atoms with van der Waals surface area (Å²) < 4.78 is 21.8. The van der Waals surface area contributed by atoms with Crippen LogP contribution in [0.1, 0.15) is 75.8 Å². The molecule has 8 nitrogen and oxygen atoms in total. The average Bonchev–Trinajstić information content (AvgIpc) is 3.77. The van der Waals surface area contributed by atoms with Gasteiger partial charge in [-0.3, -0.25) is 24.5 Å². The maximum Gasteiger partial charge on any atom is 0.222 e. The van der Waals surface area contributed by atoms with Gasteiger partial charge in [0, 0.05) is 76.9 Å². The second-order valence-corrected chi connectivity index (χ2v) is 14.2. The summed E-state index contributed by atoms with van der Waals surface area (Å²) in [4.78, 5) is 50.4. The molecule has 2 fully saturated rings. The average molecular weight is 671 g/mol. The number of ketones is 2. The Bertz CT molecular complexity index is 1750. The molecular weight excluding hydrogens is 628 g/mol. The molecule has 1 aliphatic carbocycles. The first kappa shape index (κ1) is 33.9. The number of nitrogens with zero attached hydrogens (tertiary/aromatic N) is 4. The molecule has 1 saturated heterocycles. The Labute approximate surface area is 285 Å². The minimum Gasteiger partial charge on any atom is -0.453 e. The zero-order chi connectivity index (χ0) is 33.5. The molecule has 4 heterocycles. The van der Waals surface area contributed by atoms with Crippen molar-refractivity contribution in [2.45, 2.75) is 77.7 Å². The number of Topliss-reactive ketones (excluding diaryl/α,β-unsaturated/α-hetero) is 2. The van der Waals surface area contributed by atoms with Gasteiger partial charge in [-0.2, -0.15) is 0 Å². The highest BCUT2D eigenvalue weighted by Crippen LogP contribution is 2.39. The quantitative estimate of drug-likeness (QED) is 0.112. The monoisotopic (exact) mass is 670 g/mol. The number of ether oxygens (including phenoxy) is 1. The van der Waals surface area contributed by atoms with Crippen LogP contribution in [0.5, 0.6) is 11.5 Å². The molecule has 252 valence electrons. The number of fused-ring (bicyclic) bond motifs is 1. The van der Waals surface area contributed by atoms with Crippen LogP contribution in [0.2, 0.25) is 0 Å². The number of unbranched alkanes of at least 4 members (excludes halogenated alkanes) is 3. The van der Waals surface area contributed by atoms with Gasteiger partial charge >= 0.3 is 0 Å². The smallest absolute Gasteiger partial charge is 0.222 e. The van der Waals surface area contributed by atoms with Crippen LogP contribution < -0.4 is 4.74 Å². The van der Waals surface area contributed by atoms with Crippen LogP contribution in [-0.4, -0.2) is 63.4 Å². The zero-order valence-corrected chi connectivity index (χ0v) is 28.4. The molecule has 2 aliphatic rings. The topological polar surface area (TPSA) is 92.7 Å². The Kier molecular flexibility index (Phi) is 11.2. The molecule has 6 rings (SSSR count). The summed E-state index contributed by atoms with van der Waals surface area (Å²) in [6, 6.07) is 12.6. The molecule has 0 radical (unpaired) electrons. The highest BCUT2D eigenvalue weighted by molar-refractivity contribution is 7.22. The molecule has 1 aliphatic heterocycles. The van der Waals surface area contributed by atoms with Crippen molar-refractivity contribution in [3.05, 3.63) is 71.8 Å². The van der Waals surface area contributed by atoms with E-state index in [9.17, 15) is 14.4 Å². The molecule has 1 saturated carbocycles. The van der Waals surface area contributed by atoms with Gasteiger partial charge in [0.15, 0.2) is 11.6 Å². The second kappa shape index (κ2) is 15.9. The fourth-order valence-electron chi connectivity index (χ4n) is 6.16. The van der Waals surface area contributed by atoms with E-state index in [0.29, 0.717) is 36.5 Å². The number of hydrogen-bond acceptors (Lipinski definition) is 8. The molecule has 0 unspecified atom stereocenters. The molecule has 4 aromatic rings. The van der Waals surface area contributed by atoms with Gasteiger partial charge in [0.1, 0.15) is 17.3 Å². The van der Waals surface area contributed by atoms with E-state index < -0.39 is 5.82 Å². The summed E-state index contributed by atoms with van der Waals surface area (Å²) in [6.45, 7) is 5.54. The summed E-state index contributed by atoms with van der Waals surface area (Å²) in [5.74, 6) is 1.28. The zero-order valence-electron chi connectivity index (χ0n) is 27.6. The van der Waals surface area contributed by atoms with Gasteiger partial charge in [0.05, 0.1) is 20.8 Å². The molecule has 3 aromatic heterocycles. The number of pyridine rings is 2. The fraction of sp³-hybridized carbons (Fsp3) is 0.447. The van der Waals surface area contributed by atoms with Crippen molar-refractivity contribution in [3.63, 3.8) is 0 Å². The number of hydrogen-bond donors (Lipinski definition) is 0. The number of carbonyl (C=O) groups excluding carboxylic acids is 3. The van der Waals surface area contributed by atoms with Crippen LogP contribution in [-0.2, 0) is 27.3 Å². The Balaban J connectivity index is 0.999. The first-order chi connectivity index (χ1) is 23.3. The van der Waals surface area contributed by atoms with Gasteiger partial charge in [0.2, 0.25) is 5.91 Å². The third kappa shape index (κ3) is 9.32. The van der Waals surface area contributed by atoms with Crippen LogP contribution in [0.25, 0.3) is 20.8 Å². The van der Waals surface area contributed by atoms with Gasteiger partial charge in [-0.25, -0.2) is 4.39 Å². The Morgan fingerprint density at radius 3 is 2.38 bits per heavy atom. The lowest BCUT2D eigenvalue weighted by Gasteiger charge is -2.34. The van der Waals surface area contributed by atoms with Crippen LogP contribution >= 0.6 is 11.3 Å². The summed E-state index contributed by atoms with van der Waals surface area (Å²) in [5.41, 5.74) is 3.36. The third-order valence-corrected chi connectivity index (χ3v) is 10.2. The summed E-state index contributed by atoms with van der Waals surface area (Å²) in [5, 5.41) is 0. The predicted octanol–water partition coefficient (Wildman–Crippen LogP) is 7.78. The maximum atomic E-state index is 15.0. The molecular formula is C38H43FN4O4S. The predicted molar refractivity (Wildman–Crippen MR) is 186 cm³/mol. The number of rotatable bonds is 16. The number of benzene rings is 1. The van der Waals surface area contributed by atoms with Crippen molar-refractivity contribution in [3.8, 4) is 22.1 Å². The minimum atomic E-state index is -0.493. The van der Waals surface area contributed by atoms with Gasteiger partial charge < -0.3 is 14.4 Å². The van der Waals surface area contributed by atoms with Gasteiger partial charge in [-0.15, -0.1) is 11.3 Å². The Hall–Kier alpha value is -4.02. The Morgan fingerprint density at radius 1 is 0.896 bits per heavy atom. The van der Waals surface area contributed by atoms with Gasteiger partial charge in [0.25, 0.3) is 0 Å². The fourth-order valence-corrected chi connectivity index (χ4v) is 7.20. The highest BCUT2D eigenvalue weighted by Gasteiger charge is 2.25. The van der Waals surface area contributed by atoms with Crippen LogP contribution in [0.3, 0.4) is 0 Å². The molecule has 0 atom stereocenters. The van der Waals surface area contributed by atoms with Crippen LogP contribution in [0, 0.1) is 11.7 Å². The van der Waals surface area contributed by atoms with Crippen molar-refractivity contribution in [2.24, 2.45) is 5.92 Å². The van der Waals surface area contributed by atoms with Gasteiger partial charge in [-0.1, -0.05) is 25.0 Å². The molecule has 1 aromatic carbocycles. The second-order valence-electron chi connectivity index (χ2n) is 13.2. The number of amides is 1. The number of halogens is 1. The van der Waals surface area contributed by atoms with Crippen LogP contribution in [0.15, 0.2) is 54.9 Å². The van der Waals surface area contributed by atoms with E-state index in [0.717, 1.165) is 97.6 Å². The summed E-state index contributed by atoms with van der Waals surface area (Å²) in [7, 11) is 0. The van der Waals surface area contributed by atoms with Crippen molar-refractivity contribution in [1.29, 1.82) is 0 Å². The number of thiophene rings is 1. The van der Waals surface area contributed by atoms with E-state index in [4.69, 9.17) is 9.72 Å². The van der Waals surface area contributed by atoms with Crippen molar-refractivity contribution >= 4 is 39.0 Å². The number of aromatic nitrogens is 2. The standard InChI is InChI=1S/C38H43FN4O4S/c1-26(44)6-4-2-3-5-7-37(46)43-18-16-42(17-19-43)25-29-10-12-32(41-24-29)36-23-33-38(48-36)35(14-15-40-33)47-34-13-11-28(22-31(34)39)21-30(45)20-27-8-9-27/h10-15,22-24,27H,2-9,16-21,25H2,1H3. The molecule has 1 amide bonds. The molecule has 48 heavy (non-hydrogen) atoms. The lowest BCUT2D eigenvalue weighted by Crippen LogP contribution is -2.48. The van der Waals surface area contributed by atoms with E-state index in [2.05, 4.69) is 16.0 Å². The van der Waals surface area contributed by atoms with Crippen LogP contribution in [0.4, 0.5) is 4.39 Å². The van der Waals surface area contributed by atoms with E-state index in [-0.39, 0.29) is 29.6 Å². The Morgan fingerprint density at radius 2 is 1.67 bits per heavy atom. The highest BCUT2D eigenvalue weighted by atomic mass is 32.1. The van der Waals surface area contributed by atoms with E-state index in [1.807, 2.05) is 23.2 Å². The number of carbonyl (C=O) groups is 3. The van der Waals surface area contributed by atoms with Gasteiger partial charge in [-0.05, 0) is 73.9 Å². The molecule has 0 bridgehead atoms. The van der Waals surface area contributed by atoms with Crippen molar-refractivity contribution in [2.75, 3.05) is 26.2 Å². The molecule has 10 heteroatoms. The molecule has 0 N–H and O–H groups in total. The first-order valence-corrected chi connectivity index (χ1v) is 17.9. The van der Waals surface area contributed by atoms with Crippen molar-refractivity contribution < 1.29 is 23.5 Å². The third-order valence-electron chi connectivity index (χ3n) is 9.08.